The lowest BCUT2D eigenvalue weighted by Crippen LogP contribution is -1.92. The Bertz CT molecular complexity index is 154. The van der Waals surface area contributed by atoms with Gasteiger partial charge in [0.25, 0.3) is 0 Å². The van der Waals surface area contributed by atoms with Crippen molar-refractivity contribution >= 4 is 15.8 Å². The first-order valence-electron chi connectivity index (χ1n) is 2.38. The highest BCUT2D eigenvalue weighted by atomic mass is 31.0. The number of anilines is 1. The molecular formula is C5H10N3P. The van der Waals surface area contributed by atoms with Gasteiger partial charge in [-0.2, -0.15) is 9.90 Å². The van der Waals surface area contributed by atoms with Crippen LogP contribution >= 0.6 is 9.90 Å². The second-order valence-corrected chi connectivity index (χ2v) is 1.32. The smallest absolute Gasteiger partial charge is 0.222 e. The third kappa shape index (κ3) is 2.38. The molecule has 0 spiro atoms. The average Bonchev–Trinajstić information content (AvgIpc) is 1.90. The van der Waals surface area contributed by atoms with E-state index in [-0.39, 0.29) is 9.90 Å². The van der Waals surface area contributed by atoms with Crippen molar-refractivity contribution in [1.29, 1.82) is 0 Å². The molecule has 1 rings (SSSR count). The van der Waals surface area contributed by atoms with Crippen LogP contribution in [0.3, 0.4) is 0 Å². The molecule has 0 fully saturated rings. The lowest BCUT2D eigenvalue weighted by molar-refractivity contribution is 1.15. The predicted molar refractivity (Wildman–Crippen MR) is 42.7 cm³/mol. The molecule has 0 aliphatic rings. The summed E-state index contributed by atoms with van der Waals surface area (Å²) < 4.78 is 0. The van der Waals surface area contributed by atoms with Crippen molar-refractivity contribution in [3.05, 3.63) is 18.5 Å². The number of hydrogen-bond acceptors (Lipinski definition) is 3. The van der Waals surface area contributed by atoms with E-state index in [0.29, 0.717) is 5.95 Å². The molecule has 1 N–H and O–H groups in total. The molecule has 0 aliphatic carbocycles. The van der Waals surface area contributed by atoms with Gasteiger partial charge in [-0.15, -0.1) is 0 Å². The molecule has 50 valence electrons. The summed E-state index contributed by atoms with van der Waals surface area (Å²) in [6.45, 7) is 0. The van der Waals surface area contributed by atoms with Crippen molar-refractivity contribution in [3.63, 3.8) is 0 Å². The molecular weight excluding hydrogens is 133 g/mol. The Labute approximate surface area is 57.5 Å². The molecule has 0 aliphatic heterocycles. The van der Waals surface area contributed by atoms with E-state index in [4.69, 9.17) is 0 Å². The van der Waals surface area contributed by atoms with E-state index in [2.05, 4.69) is 15.3 Å². The Morgan fingerprint density at radius 1 is 1.33 bits per heavy atom. The molecule has 1 atom stereocenters. The zero-order valence-corrected chi connectivity index (χ0v) is 6.75. The molecule has 0 amide bonds. The van der Waals surface area contributed by atoms with Crippen LogP contribution in [0, 0.1) is 0 Å². The number of rotatable bonds is 1. The molecule has 1 aromatic rings. The van der Waals surface area contributed by atoms with Gasteiger partial charge in [-0.3, -0.25) is 0 Å². The van der Waals surface area contributed by atoms with E-state index in [1.54, 1.807) is 25.5 Å². The summed E-state index contributed by atoms with van der Waals surface area (Å²) in [6, 6.07) is 1.78. The molecule has 1 unspecified atom stereocenters. The van der Waals surface area contributed by atoms with Crippen LogP contribution in [0.4, 0.5) is 5.95 Å². The molecule has 1 heterocycles. The summed E-state index contributed by atoms with van der Waals surface area (Å²) >= 11 is 0. The highest BCUT2D eigenvalue weighted by molar-refractivity contribution is 6.92. The fourth-order valence-electron chi connectivity index (χ4n) is 0.428. The van der Waals surface area contributed by atoms with Gasteiger partial charge in [-0.05, 0) is 6.07 Å². The quantitative estimate of drug-likeness (QED) is 0.584. The maximum absolute atomic E-state index is 3.88. The third-order valence-corrected chi connectivity index (χ3v) is 0.789. The van der Waals surface area contributed by atoms with Crippen LogP contribution in [-0.2, 0) is 0 Å². The largest absolute Gasteiger partial charge is 0.357 e. The van der Waals surface area contributed by atoms with Crippen molar-refractivity contribution in [2.24, 2.45) is 0 Å². The zero-order chi connectivity index (χ0) is 5.82. The summed E-state index contributed by atoms with van der Waals surface area (Å²) in [5, 5.41) is 2.80. The monoisotopic (exact) mass is 143 g/mol. The van der Waals surface area contributed by atoms with Crippen molar-refractivity contribution in [3.8, 4) is 0 Å². The van der Waals surface area contributed by atoms with Gasteiger partial charge < -0.3 is 5.32 Å². The van der Waals surface area contributed by atoms with Gasteiger partial charge in [0.05, 0.1) is 0 Å². The fraction of sp³-hybridized carbons (Fsp3) is 0.200. The Morgan fingerprint density at radius 3 is 2.22 bits per heavy atom. The lowest BCUT2D eigenvalue weighted by atomic mass is 10.7. The predicted octanol–water partition coefficient (Wildman–Crippen LogP) is 0.576. The van der Waals surface area contributed by atoms with Crippen LogP contribution in [0.1, 0.15) is 0 Å². The second-order valence-electron chi connectivity index (χ2n) is 1.32. The maximum Gasteiger partial charge on any atom is 0.222 e. The summed E-state index contributed by atoms with van der Waals surface area (Å²) in [7, 11) is 1.79. The van der Waals surface area contributed by atoms with E-state index in [1.165, 1.54) is 0 Å². The minimum Gasteiger partial charge on any atom is -0.357 e. The van der Waals surface area contributed by atoms with E-state index in [1.807, 2.05) is 0 Å². The number of aromatic nitrogens is 2. The van der Waals surface area contributed by atoms with Crippen LogP contribution < -0.4 is 5.32 Å². The number of nitrogens with zero attached hydrogens (tertiary/aromatic N) is 2. The first-order chi connectivity index (χ1) is 3.93. The summed E-state index contributed by atoms with van der Waals surface area (Å²) in [5.41, 5.74) is 0. The van der Waals surface area contributed by atoms with Gasteiger partial charge in [0, 0.05) is 19.4 Å². The summed E-state index contributed by atoms with van der Waals surface area (Å²) in [4.78, 5) is 7.75. The zero-order valence-electron chi connectivity index (χ0n) is 5.33. The molecule has 9 heavy (non-hydrogen) atoms. The molecule has 0 bridgehead atoms. The molecule has 4 heteroatoms. The first kappa shape index (κ1) is 8.31. The van der Waals surface area contributed by atoms with Crippen LogP contribution in [0.25, 0.3) is 0 Å². The van der Waals surface area contributed by atoms with Crippen LogP contribution in [0.15, 0.2) is 18.5 Å². The Hall–Kier alpha value is -0.690. The highest BCUT2D eigenvalue weighted by Crippen LogP contribution is 1.88. The molecule has 0 radical (unpaired) electrons. The minimum atomic E-state index is 0. The van der Waals surface area contributed by atoms with E-state index in [0.717, 1.165) is 0 Å². The molecule has 0 saturated heterocycles. The normalized spacial score (nSPS) is 7.67. The summed E-state index contributed by atoms with van der Waals surface area (Å²) in [6.07, 6.45) is 3.39. The van der Waals surface area contributed by atoms with Gasteiger partial charge >= 0.3 is 0 Å². The van der Waals surface area contributed by atoms with E-state index >= 15 is 0 Å². The lowest BCUT2D eigenvalue weighted by Gasteiger charge is -1.91. The van der Waals surface area contributed by atoms with Crippen molar-refractivity contribution in [2.45, 2.75) is 0 Å². The van der Waals surface area contributed by atoms with Gasteiger partial charge in [-0.1, -0.05) is 0 Å². The van der Waals surface area contributed by atoms with Crippen molar-refractivity contribution in [1.82, 2.24) is 9.97 Å². The van der Waals surface area contributed by atoms with Crippen molar-refractivity contribution < 1.29 is 0 Å². The fourth-order valence-corrected chi connectivity index (χ4v) is 0.428. The Kier molecular flexibility index (Phi) is 3.89. The minimum absolute atomic E-state index is 0. The van der Waals surface area contributed by atoms with Gasteiger partial charge in [-0.25, -0.2) is 9.97 Å². The first-order valence-corrected chi connectivity index (χ1v) is 2.38. The second kappa shape index (κ2) is 4.21. The molecule has 0 aromatic carbocycles. The molecule has 1 aromatic heterocycles. The topological polar surface area (TPSA) is 37.8 Å². The SMILES string of the molecule is CNc1ncccn1.P. The van der Waals surface area contributed by atoms with Crippen LogP contribution in [0.5, 0.6) is 0 Å². The number of hydrogen-bond donors (Lipinski definition) is 1. The average molecular weight is 143 g/mol. The Morgan fingerprint density at radius 2 is 1.89 bits per heavy atom. The van der Waals surface area contributed by atoms with Crippen molar-refractivity contribution in [2.75, 3.05) is 12.4 Å². The van der Waals surface area contributed by atoms with Gasteiger partial charge in [0.1, 0.15) is 0 Å². The van der Waals surface area contributed by atoms with E-state index < -0.39 is 0 Å². The molecule has 3 nitrogen and oxygen atoms in total. The molecule has 0 saturated carbocycles. The van der Waals surface area contributed by atoms with Gasteiger partial charge in [0.2, 0.25) is 5.95 Å². The number of nitrogens with one attached hydrogen (secondary N) is 1. The van der Waals surface area contributed by atoms with Crippen LogP contribution in [-0.4, -0.2) is 17.0 Å². The third-order valence-electron chi connectivity index (χ3n) is 0.789. The summed E-state index contributed by atoms with van der Waals surface area (Å²) in [5.74, 6) is 0.660. The standard InChI is InChI=1S/C5H7N3.H3P/c1-6-5-7-3-2-4-8-5;/h2-4H,1H3,(H,6,7,8);1H3. The highest BCUT2D eigenvalue weighted by Gasteiger charge is 1.81. The van der Waals surface area contributed by atoms with E-state index in [9.17, 15) is 0 Å². The maximum atomic E-state index is 3.88. The van der Waals surface area contributed by atoms with Gasteiger partial charge in [0.15, 0.2) is 0 Å². The van der Waals surface area contributed by atoms with Crippen LogP contribution in [0.2, 0.25) is 0 Å². The Balaban J connectivity index is 0.000000640.